The van der Waals surface area contributed by atoms with Gasteiger partial charge in [0.25, 0.3) is 0 Å². The maximum Gasteiger partial charge on any atom is 0.312 e. The molecule has 0 aliphatic heterocycles. The molecule has 0 unspecified atom stereocenters. The third-order valence-electron chi connectivity index (χ3n) is 2.61. The number of benzene rings is 1. The largest absolute Gasteiger partial charge is 0.491 e. The zero-order valence-electron chi connectivity index (χ0n) is 10.6. The molecule has 1 aromatic rings. The summed E-state index contributed by atoms with van der Waals surface area (Å²) in [5, 5.41) is 18.7. The van der Waals surface area contributed by atoms with Crippen LogP contribution in [0.1, 0.15) is 32.4 Å². The lowest BCUT2D eigenvalue weighted by Crippen LogP contribution is -2.30. The number of aliphatic hydroxyl groups is 1. The van der Waals surface area contributed by atoms with Gasteiger partial charge >= 0.3 is 5.97 Å². The SMILES string of the molecule is C[C@@H](O)c1ccc(OCC(C)(C)C(=O)O)c(Cl)c1. The number of hydrogen-bond acceptors (Lipinski definition) is 3. The number of aliphatic hydroxyl groups excluding tert-OH is 1. The first kappa shape index (κ1) is 14.8. The fraction of sp³-hybridized carbons (Fsp3) is 0.462. The molecule has 1 aromatic carbocycles. The van der Waals surface area contributed by atoms with Gasteiger partial charge in [-0.15, -0.1) is 0 Å². The number of ether oxygens (including phenoxy) is 1. The van der Waals surface area contributed by atoms with Crippen molar-refractivity contribution in [2.75, 3.05) is 6.61 Å². The van der Waals surface area contributed by atoms with Crippen LogP contribution in [0.2, 0.25) is 5.02 Å². The molecule has 1 rings (SSSR count). The van der Waals surface area contributed by atoms with E-state index in [-0.39, 0.29) is 6.61 Å². The highest BCUT2D eigenvalue weighted by Gasteiger charge is 2.28. The first-order valence-corrected chi connectivity index (χ1v) is 5.95. The number of carboxylic acids is 1. The quantitative estimate of drug-likeness (QED) is 0.865. The number of carbonyl (C=O) groups is 1. The standard InChI is InChI=1S/C13H17ClO4/c1-8(15)9-4-5-11(10(14)6-9)18-7-13(2,3)12(16)17/h4-6,8,15H,7H2,1-3H3,(H,16,17)/t8-/m1/s1. The van der Waals surface area contributed by atoms with Gasteiger partial charge in [0.15, 0.2) is 0 Å². The highest BCUT2D eigenvalue weighted by Crippen LogP contribution is 2.29. The molecular weight excluding hydrogens is 256 g/mol. The third kappa shape index (κ3) is 3.62. The van der Waals surface area contributed by atoms with Gasteiger partial charge in [0.1, 0.15) is 12.4 Å². The summed E-state index contributed by atoms with van der Waals surface area (Å²) in [6.45, 7) is 4.82. The summed E-state index contributed by atoms with van der Waals surface area (Å²) in [5.74, 6) is -0.519. The molecule has 0 amide bonds. The molecule has 0 aliphatic carbocycles. The zero-order valence-corrected chi connectivity index (χ0v) is 11.4. The molecule has 100 valence electrons. The second kappa shape index (κ2) is 5.59. The Bertz CT molecular complexity index is 441. The van der Waals surface area contributed by atoms with Crippen molar-refractivity contribution in [2.24, 2.45) is 5.41 Å². The van der Waals surface area contributed by atoms with Crippen molar-refractivity contribution in [2.45, 2.75) is 26.9 Å². The molecule has 0 saturated heterocycles. The summed E-state index contributed by atoms with van der Waals surface area (Å²) < 4.78 is 5.40. The predicted octanol–water partition coefficient (Wildman–Crippen LogP) is 2.88. The van der Waals surface area contributed by atoms with E-state index >= 15 is 0 Å². The maximum atomic E-state index is 10.9. The van der Waals surface area contributed by atoms with Crippen molar-refractivity contribution in [3.05, 3.63) is 28.8 Å². The van der Waals surface area contributed by atoms with Crippen LogP contribution in [0.5, 0.6) is 5.75 Å². The molecule has 4 nitrogen and oxygen atoms in total. The number of hydrogen-bond donors (Lipinski definition) is 2. The highest BCUT2D eigenvalue weighted by molar-refractivity contribution is 6.32. The molecular formula is C13H17ClO4. The molecule has 0 aromatic heterocycles. The van der Waals surface area contributed by atoms with Crippen molar-refractivity contribution in [1.29, 1.82) is 0 Å². The van der Waals surface area contributed by atoms with E-state index in [4.69, 9.17) is 21.4 Å². The molecule has 0 saturated carbocycles. The van der Waals surface area contributed by atoms with Crippen LogP contribution in [0.4, 0.5) is 0 Å². The van der Waals surface area contributed by atoms with Gasteiger partial charge in [0, 0.05) is 0 Å². The van der Waals surface area contributed by atoms with Crippen LogP contribution in [-0.4, -0.2) is 22.8 Å². The maximum absolute atomic E-state index is 10.9. The summed E-state index contributed by atoms with van der Waals surface area (Å²) in [5.41, 5.74) is -0.295. The fourth-order valence-corrected chi connectivity index (χ4v) is 1.46. The Morgan fingerprint density at radius 1 is 1.50 bits per heavy atom. The van der Waals surface area contributed by atoms with Crippen molar-refractivity contribution in [3.8, 4) is 5.75 Å². The normalized spacial score (nSPS) is 13.2. The molecule has 0 bridgehead atoms. The van der Waals surface area contributed by atoms with Gasteiger partial charge in [0.05, 0.1) is 16.5 Å². The average Bonchev–Trinajstić information content (AvgIpc) is 2.26. The van der Waals surface area contributed by atoms with Gasteiger partial charge in [0.2, 0.25) is 0 Å². The summed E-state index contributed by atoms with van der Waals surface area (Å²) in [7, 11) is 0. The topological polar surface area (TPSA) is 66.8 Å². The van der Waals surface area contributed by atoms with Crippen molar-refractivity contribution >= 4 is 17.6 Å². The Hall–Kier alpha value is -1.26. The van der Waals surface area contributed by atoms with E-state index in [1.165, 1.54) is 0 Å². The fourth-order valence-electron chi connectivity index (χ4n) is 1.21. The molecule has 5 heteroatoms. The summed E-state index contributed by atoms with van der Waals surface area (Å²) in [4.78, 5) is 10.9. The van der Waals surface area contributed by atoms with E-state index in [0.717, 1.165) is 0 Å². The number of halogens is 1. The van der Waals surface area contributed by atoms with Crippen LogP contribution in [0, 0.1) is 5.41 Å². The Labute approximate surface area is 111 Å². The third-order valence-corrected chi connectivity index (χ3v) is 2.90. The number of carboxylic acid groups (broad SMARTS) is 1. The molecule has 1 atom stereocenters. The minimum absolute atomic E-state index is 0.0239. The van der Waals surface area contributed by atoms with E-state index in [0.29, 0.717) is 16.3 Å². The predicted molar refractivity (Wildman–Crippen MR) is 69.0 cm³/mol. The Kier molecular flexibility index (Phi) is 4.59. The second-order valence-corrected chi connectivity index (χ2v) is 5.25. The monoisotopic (exact) mass is 272 g/mol. The van der Waals surface area contributed by atoms with Crippen molar-refractivity contribution < 1.29 is 19.7 Å². The molecule has 0 fully saturated rings. The van der Waals surface area contributed by atoms with Gasteiger partial charge in [-0.3, -0.25) is 4.79 Å². The summed E-state index contributed by atoms with van der Waals surface area (Å²) >= 11 is 6.00. The van der Waals surface area contributed by atoms with E-state index < -0.39 is 17.5 Å². The average molecular weight is 273 g/mol. The van der Waals surface area contributed by atoms with Gasteiger partial charge in [-0.25, -0.2) is 0 Å². The lowest BCUT2D eigenvalue weighted by atomic mass is 9.95. The smallest absolute Gasteiger partial charge is 0.312 e. The highest BCUT2D eigenvalue weighted by atomic mass is 35.5. The van der Waals surface area contributed by atoms with Crippen LogP contribution in [0.15, 0.2) is 18.2 Å². The molecule has 0 heterocycles. The first-order valence-electron chi connectivity index (χ1n) is 5.58. The van der Waals surface area contributed by atoms with Crippen LogP contribution in [0.3, 0.4) is 0 Å². The van der Waals surface area contributed by atoms with E-state index in [9.17, 15) is 9.90 Å². The van der Waals surface area contributed by atoms with Crippen LogP contribution in [0.25, 0.3) is 0 Å². The van der Waals surface area contributed by atoms with Crippen LogP contribution < -0.4 is 4.74 Å². The lowest BCUT2D eigenvalue weighted by Gasteiger charge is -2.20. The van der Waals surface area contributed by atoms with Gasteiger partial charge < -0.3 is 14.9 Å². The zero-order chi connectivity index (χ0) is 13.9. The van der Waals surface area contributed by atoms with Crippen LogP contribution >= 0.6 is 11.6 Å². The van der Waals surface area contributed by atoms with Gasteiger partial charge in [-0.2, -0.15) is 0 Å². The molecule has 0 aliphatic rings. The summed E-state index contributed by atoms with van der Waals surface area (Å²) in [6, 6.07) is 4.93. The van der Waals surface area contributed by atoms with E-state index in [1.807, 2.05) is 0 Å². The number of aliphatic carboxylic acids is 1. The minimum atomic E-state index is -0.980. The summed E-state index contributed by atoms with van der Waals surface area (Å²) in [6.07, 6.45) is -0.605. The Morgan fingerprint density at radius 3 is 2.56 bits per heavy atom. The second-order valence-electron chi connectivity index (χ2n) is 4.84. The molecule has 0 spiro atoms. The van der Waals surface area contributed by atoms with E-state index in [1.54, 1.807) is 39.0 Å². The molecule has 2 N–H and O–H groups in total. The molecule has 0 radical (unpaired) electrons. The van der Waals surface area contributed by atoms with Crippen LogP contribution in [-0.2, 0) is 4.79 Å². The van der Waals surface area contributed by atoms with Crippen molar-refractivity contribution in [1.82, 2.24) is 0 Å². The first-order chi connectivity index (χ1) is 8.24. The van der Waals surface area contributed by atoms with Gasteiger partial charge in [-0.05, 0) is 38.5 Å². The minimum Gasteiger partial charge on any atom is -0.491 e. The Morgan fingerprint density at radius 2 is 2.11 bits per heavy atom. The number of rotatable bonds is 5. The van der Waals surface area contributed by atoms with Gasteiger partial charge in [-0.1, -0.05) is 17.7 Å². The van der Waals surface area contributed by atoms with Crippen molar-refractivity contribution in [3.63, 3.8) is 0 Å². The Balaban J connectivity index is 2.78. The molecule has 18 heavy (non-hydrogen) atoms. The van der Waals surface area contributed by atoms with E-state index in [2.05, 4.69) is 0 Å². The lowest BCUT2D eigenvalue weighted by molar-refractivity contribution is -0.148.